The molecule has 1 aliphatic carbocycles. The van der Waals surface area contributed by atoms with E-state index in [4.69, 9.17) is 0 Å². The van der Waals surface area contributed by atoms with Crippen molar-refractivity contribution >= 4 is 22.2 Å². The molecule has 1 aromatic carbocycles. The van der Waals surface area contributed by atoms with E-state index in [1.807, 2.05) is 11.6 Å². The Morgan fingerprint density at radius 1 is 1.33 bits per heavy atom. The highest BCUT2D eigenvalue weighted by atomic mass is 32.1. The lowest BCUT2D eigenvalue weighted by molar-refractivity contribution is 0.0945. The fraction of sp³-hybridized carbons (Fsp3) is 0.200. The molecule has 4 nitrogen and oxygen atoms in total. The van der Waals surface area contributed by atoms with E-state index >= 15 is 0 Å². The summed E-state index contributed by atoms with van der Waals surface area (Å²) in [5, 5.41) is 4.79. The van der Waals surface area contributed by atoms with Gasteiger partial charge >= 0.3 is 0 Å². The quantitative estimate of drug-likeness (QED) is 0.808. The van der Waals surface area contributed by atoms with Crippen molar-refractivity contribution < 1.29 is 9.18 Å². The van der Waals surface area contributed by atoms with Crippen LogP contribution in [-0.4, -0.2) is 21.3 Å². The van der Waals surface area contributed by atoms with Crippen LogP contribution < -0.4 is 5.32 Å². The lowest BCUT2D eigenvalue weighted by atomic mass is 10.2. The van der Waals surface area contributed by atoms with E-state index < -0.39 is 0 Å². The molecule has 106 valence electrons. The van der Waals surface area contributed by atoms with Crippen LogP contribution in [0, 0.1) is 5.82 Å². The summed E-state index contributed by atoms with van der Waals surface area (Å²) in [5.41, 5.74) is 2.17. The minimum Gasteiger partial charge on any atom is -0.348 e. The Kier molecular flexibility index (Phi) is 2.78. The Morgan fingerprint density at radius 3 is 2.81 bits per heavy atom. The molecule has 0 aliphatic heterocycles. The fourth-order valence-electron chi connectivity index (χ4n) is 2.19. The Balaban J connectivity index is 1.71. The molecule has 2 heterocycles. The second kappa shape index (κ2) is 4.66. The van der Waals surface area contributed by atoms with Crippen molar-refractivity contribution in [3.63, 3.8) is 0 Å². The van der Waals surface area contributed by atoms with E-state index in [0.29, 0.717) is 11.7 Å². The van der Waals surface area contributed by atoms with Gasteiger partial charge in [-0.05, 0) is 37.1 Å². The number of carbonyl (C=O) groups is 1. The molecule has 1 saturated carbocycles. The van der Waals surface area contributed by atoms with Gasteiger partial charge in [0.2, 0.25) is 0 Å². The summed E-state index contributed by atoms with van der Waals surface area (Å²) < 4.78 is 14.8. The summed E-state index contributed by atoms with van der Waals surface area (Å²) in [6.07, 6.45) is 3.94. The van der Waals surface area contributed by atoms with Crippen LogP contribution >= 0.6 is 11.3 Å². The van der Waals surface area contributed by atoms with Gasteiger partial charge in [-0.25, -0.2) is 9.37 Å². The Hall–Kier alpha value is -2.21. The van der Waals surface area contributed by atoms with Crippen LogP contribution in [0.5, 0.6) is 0 Å². The second-order valence-electron chi connectivity index (χ2n) is 5.15. The molecule has 0 radical (unpaired) electrons. The molecule has 1 aliphatic rings. The number of hydrogen-bond acceptors (Lipinski definition) is 3. The third-order valence-corrected chi connectivity index (χ3v) is 4.33. The number of nitrogens with zero attached hydrogens (tertiary/aromatic N) is 2. The molecule has 6 heteroatoms. The van der Waals surface area contributed by atoms with Crippen molar-refractivity contribution in [2.75, 3.05) is 0 Å². The van der Waals surface area contributed by atoms with Crippen LogP contribution in [0.15, 0.2) is 35.8 Å². The fourth-order valence-corrected chi connectivity index (χ4v) is 3.05. The largest absolute Gasteiger partial charge is 0.348 e. The molecule has 0 unspecified atom stereocenters. The normalized spacial score (nSPS) is 14.5. The van der Waals surface area contributed by atoms with Crippen LogP contribution in [0.1, 0.15) is 23.3 Å². The number of rotatable bonds is 3. The second-order valence-corrected chi connectivity index (χ2v) is 5.99. The van der Waals surface area contributed by atoms with E-state index in [0.717, 1.165) is 29.1 Å². The zero-order chi connectivity index (χ0) is 14.4. The van der Waals surface area contributed by atoms with Crippen molar-refractivity contribution in [2.45, 2.75) is 18.9 Å². The molecular formula is C15H12FN3OS. The van der Waals surface area contributed by atoms with Crippen molar-refractivity contribution in [3.8, 4) is 11.3 Å². The topological polar surface area (TPSA) is 46.4 Å². The number of thiazole rings is 1. The maximum Gasteiger partial charge on any atom is 0.269 e. The molecule has 1 N–H and O–H groups in total. The molecule has 1 fully saturated rings. The number of benzene rings is 1. The van der Waals surface area contributed by atoms with E-state index in [1.54, 1.807) is 16.5 Å². The van der Waals surface area contributed by atoms with Gasteiger partial charge in [0.15, 0.2) is 4.96 Å². The Morgan fingerprint density at radius 2 is 2.10 bits per heavy atom. The zero-order valence-electron chi connectivity index (χ0n) is 11.0. The Bertz CT molecular complexity index is 817. The van der Waals surface area contributed by atoms with Crippen LogP contribution in [0.4, 0.5) is 4.39 Å². The number of nitrogens with one attached hydrogen (secondary N) is 1. The zero-order valence-corrected chi connectivity index (χ0v) is 11.9. The SMILES string of the molecule is O=C(NC1CC1)c1csc2nc(-c3ccc(F)cc3)cn12. The first-order valence-corrected chi connectivity index (χ1v) is 7.62. The lowest BCUT2D eigenvalue weighted by Gasteiger charge is -2.01. The molecule has 2 aromatic heterocycles. The van der Waals surface area contributed by atoms with Gasteiger partial charge in [-0.3, -0.25) is 9.20 Å². The van der Waals surface area contributed by atoms with Crippen molar-refractivity contribution in [1.29, 1.82) is 0 Å². The first kappa shape index (κ1) is 12.5. The van der Waals surface area contributed by atoms with Gasteiger partial charge in [-0.2, -0.15) is 0 Å². The summed E-state index contributed by atoms with van der Waals surface area (Å²) in [7, 11) is 0. The summed E-state index contributed by atoms with van der Waals surface area (Å²) in [4.78, 5) is 17.4. The highest BCUT2D eigenvalue weighted by molar-refractivity contribution is 7.15. The van der Waals surface area contributed by atoms with Gasteiger partial charge in [0.05, 0.1) is 5.69 Å². The number of amides is 1. The van der Waals surface area contributed by atoms with Crippen molar-refractivity contribution in [2.24, 2.45) is 0 Å². The van der Waals surface area contributed by atoms with Crippen molar-refractivity contribution in [3.05, 3.63) is 47.4 Å². The number of halogens is 1. The summed E-state index contributed by atoms with van der Waals surface area (Å²) in [6, 6.07) is 6.51. The average Bonchev–Trinajstić information content (AvgIpc) is 3.04. The molecule has 4 rings (SSSR count). The number of aromatic nitrogens is 2. The predicted molar refractivity (Wildman–Crippen MR) is 79.0 cm³/mol. The van der Waals surface area contributed by atoms with E-state index in [1.165, 1.54) is 23.5 Å². The van der Waals surface area contributed by atoms with Crippen LogP contribution in [0.3, 0.4) is 0 Å². The highest BCUT2D eigenvalue weighted by Gasteiger charge is 2.25. The van der Waals surface area contributed by atoms with Crippen molar-refractivity contribution in [1.82, 2.24) is 14.7 Å². The third-order valence-electron chi connectivity index (χ3n) is 3.49. The minimum absolute atomic E-state index is 0.0631. The molecule has 21 heavy (non-hydrogen) atoms. The predicted octanol–water partition coefficient (Wildman–Crippen LogP) is 3.09. The first-order chi connectivity index (χ1) is 10.2. The average molecular weight is 301 g/mol. The molecule has 0 spiro atoms. The van der Waals surface area contributed by atoms with Gasteiger partial charge in [-0.15, -0.1) is 11.3 Å². The monoisotopic (exact) mass is 301 g/mol. The van der Waals surface area contributed by atoms with Gasteiger partial charge in [0.1, 0.15) is 11.5 Å². The van der Waals surface area contributed by atoms with E-state index in [-0.39, 0.29) is 11.7 Å². The lowest BCUT2D eigenvalue weighted by Crippen LogP contribution is -2.26. The van der Waals surface area contributed by atoms with Gasteiger partial charge in [0, 0.05) is 23.2 Å². The minimum atomic E-state index is -0.274. The third kappa shape index (κ3) is 2.31. The van der Waals surface area contributed by atoms with Crippen LogP contribution in [-0.2, 0) is 0 Å². The summed E-state index contributed by atoms with van der Waals surface area (Å²) in [5.74, 6) is -0.337. The molecule has 1 amide bonds. The molecule has 3 aromatic rings. The van der Waals surface area contributed by atoms with Gasteiger partial charge < -0.3 is 5.32 Å². The molecule has 0 atom stereocenters. The maximum atomic E-state index is 13.0. The number of fused-ring (bicyclic) bond motifs is 1. The van der Waals surface area contributed by atoms with E-state index in [2.05, 4.69) is 10.3 Å². The smallest absolute Gasteiger partial charge is 0.269 e. The number of imidazole rings is 1. The number of carbonyl (C=O) groups excluding carboxylic acids is 1. The van der Waals surface area contributed by atoms with Gasteiger partial charge in [-0.1, -0.05) is 0 Å². The first-order valence-electron chi connectivity index (χ1n) is 6.74. The molecular weight excluding hydrogens is 289 g/mol. The van der Waals surface area contributed by atoms with Crippen LogP contribution in [0.25, 0.3) is 16.2 Å². The standard InChI is InChI=1S/C15H12FN3OS/c16-10-3-1-9(2-4-10)12-7-19-13(8-21-15(19)18-12)14(20)17-11-5-6-11/h1-4,7-8,11H,5-6H2,(H,17,20). The maximum absolute atomic E-state index is 13.0. The summed E-state index contributed by atoms with van der Waals surface area (Å²) >= 11 is 1.43. The Labute approximate surface area is 124 Å². The van der Waals surface area contributed by atoms with Crippen LogP contribution in [0.2, 0.25) is 0 Å². The van der Waals surface area contributed by atoms with Gasteiger partial charge in [0.25, 0.3) is 5.91 Å². The summed E-state index contributed by atoms with van der Waals surface area (Å²) in [6.45, 7) is 0. The number of hydrogen-bond donors (Lipinski definition) is 1. The highest BCUT2D eigenvalue weighted by Crippen LogP contribution is 2.25. The molecule has 0 saturated heterocycles. The molecule has 0 bridgehead atoms. The van der Waals surface area contributed by atoms with E-state index in [9.17, 15) is 9.18 Å².